The van der Waals surface area contributed by atoms with Crippen molar-refractivity contribution in [1.82, 2.24) is 0 Å². The largest absolute Gasteiger partial charge is 0.452 e. The Labute approximate surface area is 162 Å². The fourth-order valence-electron chi connectivity index (χ4n) is 2.58. The number of rotatable bonds is 7. The first kappa shape index (κ1) is 20.6. The average molecular weight is 388 g/mol. The van der Waals surface area contributed by atoms with Crippen molar-refractivity contribution in [1.29, 1.82) is 0 Å². The van der Waals surface area contributed by atoms with Crippen LogP contribution in [0.15, 0.2) is 29.6 Å². The Balaban J connectivity index is 2.06. The van der Waals surface area contributed by atoms with Crippen LogP contribution in [0.1, 0.15) is 71.4 Å². The van der Waals surface area contributed by atoms with Crippen LogP contribution in [0, 0.1) is 0 Å². The van der Waals surface area contributed by atoms with E-state index in [4.69, 9.17) is 10.5 Å². The van der Waals surface area contributed by atoms with Gasteiger partial charge in [-0.05, 0) is 40.5 Å². The third kappa shape index (κ3) is 5.17. The highest BCUT2D eigenvalue weighted by molar-refractivity contribution is 7.14. The van der Waals surface area contributed by atoms with Crippen molar-refractivity contribution in [3.63, 3.8) is 0 Å². The number of carbonyl (C=O) groups is 3. The summed E-state index contributed by atoms with van der Waals surface area (Å²) in [5.41, 5.74) is 7.96. The van der Waals surface area contributed by atoms with Gasteiger partial charge in [-0.25, -0.2) is 4.79 Å². The van der Waals surface area contributed by atoms with Crippen molar-refractivity contribution in [2.24, 2.45) is 5.73 Å². The quantitative estimate of drug-likeness (QED) is 0.703. The van der Waals surface area contributed by atoms with Crippen LogP contribution in [0.2, 0.25) is 0 Å². The number of benzene rings is 1. The van der Waals surface area contributed by atoms with Crippen LogP contribution in [0.3, 0.4) is 0 Å². The highest BCUT2D eigenvalue weighted by Gasteiger charge is 2.19. The molecule has 0 fully saturated rings. The molecule has 2 aromatic rings. The molecule has 1 aromatic carbocycles. The summed E-state index contributed by atoms with van der Waals surface area (Å²) >= 11 is 1.17. The Bertz CT molecular complexity index is 855. The molecule has 0 aliphatic heterocycles. The second-order valence-corrected chi connectivity index (χ2v) is 7.72. The summed E-state index contributed by atoms with van der Waals surface area (Å²) in [5.74, 6) is -1.22. The molecule has 0 aliphatic rings. The lowest BCUT2D eigenvalue weighted by molar-refractivity contribution is -0.119. The molecule has 144 valence electrons. The van der Waals surface area contributed by atoms with Crippen LogP contribution in [-0.4, -0.2) is 24.4 Å². The topological polar surface area (TPSA) is 98.5 Å². The molecule has 2 rings (SSSR count). The molecule has 2 amide bonds. The van der Waals surface area contributed by atoms with Crippen LogP contribution >= 0.6 is 11.3 Å². The highest BCUT2D eigenvalue weighted by atomic mass is 32.1. The summed E-state index contributed by atoms with van der Waals surface area (Å²) < 4.78 is 5.17. The summed E-state index contributed by atoms with van der Waals surface area (Å²) in [5, 5.41) is 4.53. The number of ether oxygens (including phenoxy) is 1. The molecule has 0 atom stereocenters. The first-order valence-electron chi connectivity index (χ1n) is 8.68. The molecule has 0 spiro atoms. The van der Waals surface area contributed by atoms with Crippen molar-refractivity contribution in [3.05, 3.63) is 51.9 Å². The molecule has 3 N–H and O–H groups in total. The number of thiophene rings is 1. The zero-order chi connectivity index (χ0) is 20.1. The highest BCUT2D eigenvalue weighted by Crippen LogP contribution is 2.26. The number of primary amides is 1. The first-order chi connectivity index (χ1) is 12.7. The number of carbonyl (C=O) groups excluding carboxylic acids is 3. The van der Waals surface area contributed by atoms with E-state index >= 15 is 0 Å². The van der Waals surface area contributed by atoms with Crippen LogP contribution < -0.4 is 11.1 Å². The minimum atomic E-state index is -0.629. The molecule has 1 aromatic heterocycles. The van der Waals surface area contributed by atoms with Crippen molar-refractivity contribution >= 4 is 34.1 Å². The lowest BCUT2D eigenvalue weighted by Gasteiger charge is -2.15. The summed E-state index contributed by atoms with van der Waals surface area (Å²) in [7, 11) is 0. The van der Waals surface area contributed by atoms with E-state index in [1.807, 2.05) is 26.0 Å². The van der Waals surface area contributed by atoms with E-state index in [1.165, 1.54) is 17.4 Å². The summed E-state index contributed by atoms with van der Waals surface area (Å²) in [6, 6.07) is 7.18. The second kappa shape index (κ2) is 8.81. The summed E-state index contributed by atoms with van der Waals surface area (Å²) in [4.78, 5) is 35.8. The number of amides is 2. The number of nitrogens with one attached hydrogen (secondary N) is 1. The van der Waals surface area contributed by atoms with E-state index < -0.39 is 24.4 Å². The third-order valence-electron chi connectivity index (χ3n) is 4.10. The van der Waals surface area contributed by atoms with Gasteiger partial charge in [-0.2, -0.15) is 0 Å². The van der Waals surface area contributed by atoms with Gasteiger partial charge in [0.05, 0.1) is 11.1 Å². The first-order valence-corrected chi connectivity index (χ1v) is 9.56. The number of esters is 1. The number of anilines is 1. The Morgan fingerprint density at radius 1 is 1.07 bits per heavy atom. The van der Waals surface area contributed by atoms with Gasteiger partial charge in [-0.3, -0.25) is 9.59 Å². The van der Waals surface area contributed by atoms with Gasteiger partial charge in [-0.1, -0.05) is 39.8 Å². The minimum Gasteiger partial charge on any atom is -0.452 e. The van der Waals surface area contributed by atoms with Gasteiger partial charge in [0.25, 0.3) is 11.8 Å². The van der Waals surface area contributed by atoms with Crippen molar-refractivity contribution in [3.8, 4) is 0 Å². The molecule has 0 aliphatic carbocycles. The molecule has 0 bridgehead atoms. The Hall–Kier alpha value is -2.67. The van der Waals surface area contributed by atoms with Gasteiger partial charge in [0.15, 0.2) is 6.61 Å². The second-order valence-electron chi connectivity index (χ2n) is 6.81. The third-order valence-corrected chi connectivity index (χ3v) is 4.93. The van der Waals surface area contributed by atoms with Crippen LogP contribution in [0.25, 0.3) is 0 Å². The minimum absolute atomic E-state index is 0.143. The van der Waals surface area contributed by atoms with Crippen LogP contribution in [0.4, 0.5) is 5.00 Å². The fraction of sp³-hybridized carbons (Fsp3) is 0.350. The normalized spacial score (nSPS) is 10.9. The van der Waals surface area contributed by atoms with Gasteiger partial charge in [0.1, 0.15) is 5.00 Å². The van der Waals surface area contributed by atoms with Crippen molar-refractivity contribution in [2.45, 2.75) is 39.5 Å². The maximum absolute atomic E-state index is 12.5. The molecular formula is C20H24N2O4S. The van der Waals surface area contributed by atoms with Crippen molar-refractivity contribution < 1.29 is 19.1 Å². The SMILES string of the molecule is CC(C)c1ccc(C(=O)OCC(=O)Nc2sccc2C(N)=O)c(C(C)C)c1. The van der Waals surface area contributed by atoms with Gasteiger partial charge < -0.3 is 15.8 Å². The Morgan fingerprint density at radius 3 is 2.37 bits per heavy atom. The predicted octanol–water partition coefficient (Wildman–Crippen LogP) is 3.89. The predicted molar refractivity (Wildman–Crippen MR) is 106 cm³/mol. The molecule has 6 nitrogen and oxygen atoms in total. The van der Waals surface area contributed by atoms with E-state index in [-0.39, 0.29) is 11.5 Å². The van der Waals surface area contributed by atoms with E-state index in [2.05, 4.69) is 19.2 Å². The molecule has 1 heterocycles. The molecule has 0 saturated carbocycles. The molecular weight excluding hydrogens is 364 g/mol. The van der Waals surface area contributed by atoms with E-state index in [1.54, 1.807) is 11.4 Å². The van der Waals surface area contributed by atoms with E-state index in [0.717, 1.165) is 11.1 Å². The average Bonchev–Trinajstić information content (AvgIpc) is 3.07. The standard InChI is InChI=1S/C20H24N2O4S/c1-11(2)13-5-6-14(16(9-13)12(3)4)20(25)26-10-17(23)22-19-15(18(21)24)7-8-27-19/h5-9,11-12H,10H2,1-4H3,(H2,21,24)(H,22,23). The molecule has 0 unspecified atom stereocenters. The van der Waals surface area contributed by atoms with Gasteiger partial charge in [0.2, 0.25) is 0 Å². The number of hydrogen-bond donors (Lipinski definition) is 2. The van der Waals surface area contributed by atoms with Gasteiger partial charge >= 0.3 is 5.97 Å². The Kier molecular flexibility index (Phi) is 6.74. The molecule has 27 heavy (non-hydrogen) atoms. The summed E-state index contributed by atoms with van der Waals surface area (Å²) in [6.07, 6.45) is 0. The lowest BCUT2D eigenvalue weighted by atomic mass is 9.91. The Morgan fingerprint density at radius 2 is 1.78 bits per heavy atom. The number of hydrogen-bond acceptors (Lipinski definition) is 5. The number of nitrogens with two attached hydrogens (primary N) is 1. The molecule has 0 saturated heterocycles. The fourth-order valence-corrected chi connectivity index (χ4v) is 3.38. The maximum atomic E-state index is 12.5. The molecule has 0 radical (unpaired) electrons. The lowest BCUT2D eigenvalue weighted by Crippen LogP contribution is -2.22. The smallest absolute Gasteiger partial charge is 0.338 e. The zero-order valence-corrected chi connectivity index (χ0v) is 16.7. The van der Waals surface area contributed by atoms with E-state index in [9.17, 15) is 14.4 Å². The summed E-state index contributed by atoms with van der Waals surface area (Å²) in [6.45, 7) is 7.74. The van der Waals surface area contributed by atoms with Gasteiger partial charge in [-0.15, -0.1) is 11.3 Å². The zero-order valence-electron chi connectivity index (χ0n) is 15.9. The van der Waals surface area contributed by atoms with E-state index in [0.29, 0.717) is 16.5 Å². The van der Waals surface area contributed by atoms with Gasteiger partial charge in [0, 0.05) is 0 Å². The molecule has 7 heteroatoms. The van der Waals surface area contributed by atoms with Crippen LogP contribution in [-0.2, 0) is 9.53 Å². The van der Waals surface area contributed by atoms with Crippen molar-refractivity contribution in [2.75, 3.05) is 11.9 Å². The van der Waals surface area contributed by atoms with Crippen LogP contribution in [0.5, 0.6) is 0 Å². The monoisotopic (exact) mass is 388 g/mol. The maximum Gasteiger partial charge on any atom is 0.338 e.